The summed E-state index contributed by atoms with van der Waals surface area (Å²) >= 11 is 0. The van der Waals surface area contributed by atoms with Crippen LogP contribution in [0.25, 0.3) is 23.0 Å². The lowest BCUT2D eigenvalue weighted by Gasteiger charge is -2.26. The molecule has 1 aliphatic heterocycles. The predicted molar refractivity (Wildman–Crippen MR) is 134 cm³/mol. The van der Waals surface area contributed by atoms with Gasteiger partial charge in [0.15, 0.2) is 0 Å². The van der Waals surface area contributed by atoms with Gasteiger partial charge < -0.3 is 4.90 Å². The second kappa shape index (κ2) is 10.3. The van der Waals surface area contributed by atoms with Gasteiger partial charge in [-0.05, 0) is 49.6 Å². The van der Waals surface area contributed by atoms with Crippen molar-refractivity contribution in [2.45, 2.75) is 24.2 Å². The van der Waals surface area contributed by atoms with E-state index in [-0.39, 0.29) is 16.4 Å². The average molecular weight is 490 g/mol. The van der Waals surface area contributed by atoms with Crippen LogP contribution in [-0.4, -0.2) is 60.5 Å². The zero-order valence-corrected chi connectivity index (χ0v) is 20.6. The molecule has 2 heterocycles. The number of para-hydroxylation sites is 1. The van der Waals surface area contributed by atoms with E-state index in [1.165, 1.54) is 20.2 Å². The Kier molecular flexibility index (Phi) is 7.15. The second-order valence-corrected chi connectivity index (χ2v) is 10.7. The van der Waals surface area contributed by atoms with E-state index in [0.29, 0.717) is 29.9 Å². The van der Waals surface area contributed by atoms with Crippen LogP contribution in [0.3, 0.4) is 0 Å². The molecule has 180 valence electrons. The van der Waals surface area contributed by atoms with Gasteiger partial charge in [-0.15, -0.1) is 0 Å². The van der Waals surface area contributed by atoms with E-state index in [1.54, 1.807) is 40.1 Å². The molecule has 1 fully saturated rings. The molecule has 1 amide bonds. The van der Waals surface area contributed by atoms with Crippen LogP contribution >= 0.6 is 0 Å². The molecule has 9 heteroatoms. The molecule has 0 radical (unpaired) electrons. The van der Waals surface area contributed by atoms with E-state index in [1.807, 2.05) is 30.3 Å². The number of piperidine rings is 1. The minimum Gasteiger partial charge on any atom is -0.338 e. The van der Waals surface area contributed by atoms with Crippen LogP contribution in [0.1, 0.15) is 24.8 Å². The third-order valence-electron chi connectivity index (χ3n) is 5.94. The van der Waals surface area contributed by atoms with E-state index >= 15 is 0 Å². The number of carbonyl (C=O) groups excluding carboxylic acids is 1. The van der Waals surface area contributed by atoms with Crippen LogP contribution in [0.5, 0.6) is 0 Å². The number of hydrogen-bond acceptors (Lipinski definition) is 5. The number of nitriles is 1. The number of aromatic nitrogens is 2. The molecule has 0 bridgehead atoms. The third kappa shape index (κ3) is 5.19. The topological polar surface area (TPSA) is 99.3 Å². The van der Waals surface area contributed by atoms with Gasteiger partial charge in [0.1, 0.15) is 17.3 Å². The molecule has 0 atom stereocenters. The molecule has 1 aliphatic rings. The Labute approximate surface area is 205 Å². The Morgan fingerprint density at radius 2 is 1.77 bits per heavy atom. The van der Waals surface area contributed by atoms with Crippen molar-refractivity contribution in [2.75, 3.05) is 27.2 Å². The average Bonchev–Trinajstić information content (AvgIpc) is 3.32. The third-order valence-corrected chi connectivity index (χ3v) is 7.75. The number of carbonyl (C=O) groups is 1. The fourth-order valence-electron chi connectivity index (χ4n) is 4.01. The van der Waals surface area contributed by atoms with Crippen molar-refractivity contribution < 1.29 is 13.2 Å². The molecule has 1 aromatic heterocycles. The number of likely N-dealkylation sites (tertiary alicyclic amines) is 1. The first-order valence-electron chi connectivity index (χ1n) is 11.4. The quantitative estimate of drug-likeness (QED) is 0.388. The van der Waals surface area contributed by atoms with E-state index in [2.05, 4.69) is 6.07 Å². The van der Waals surface area contributed by atoms with E-state index in [9.17, 15) is 18.5 Å². The standard InChI is InChI=1S/C26H27N5O3S/c1-29(2)35(33,34)24-13-9-10-20(17-24)25-22(19-31(28-25)23-11-5-3-6-12-23)16-21(18-27)26(32)30-14-7-4-8-15-30/h3,5-6,9-13,16-17,19H,4,7-8,14-15H2,1-2H3/b21-16+. The molecule has 3 aromatic rings. The summed E-state index contributed by atoms with van der Waals surface area (Å²) < 4.78 is 28.2. The van der Waals surface area contributed by atoms with E-state index in [4.69, 9.17) is 5.10 Å². The molecule has 1 saturated heterocycles. The van der Waals surface area contributed by atoms with Crippen molar-refractivity contribution in [3.8, 4) is 23.0 Å². The Balaban J connectivity index is 1.83. The highest BCUT2D eigenvalue weighted by Gasteiger charge is 2.23. The van der Waals surface area contributed by atoms with Gasteiger partial charge in [-0.25, -0.2) is 17.4 Å². The van der Waals surface area contributed by atoms with Gasteiger partial charge in [-0.1, -0.05) is 30.3 Å². The van der Waals surface area contributed by atoms with Crippen LogP contribution in [0, 0.1) is 11.3 Å². The summed E-state index contributed by atoms with van der Waals surface area (Å²) in [5, 5.41) is 14.5. The Morgan fingerprint density at radius 3 is 2.43 bits per heavy atom. The minimum absolute atomic E-state index is 0.0258. The molecule has 0 spiro atoms. The van der Waals surface area contributed by atoms with Crippen molar-refractivity contribution in [1.29, 1.82) is 5.26 Å². The van der Waals surface area contributed by atoms with Crippen LogP contribution < -0.4 is 0 Å². The molecule has 4 rings (SSSR count). The molecular formula is C26H27N5O3S. The van der Waals surface area contributed by atoms with Crippen molar-refractivity contribution in [3.63, 3.8) is 0 Å². The molecule has 35 heavy (non-hydrogen) atoms. The molecule has 0 aliphatic carbocycles. The van der Waals surface area contributed by atoms with Crippen molar-refractivity contribution in [2.24, 2.45) is 0 Å². The normalized spacial score (nSPS) is 14.7. The number of hydrogen-bond donors (Lipinski definition) is 0. The fourth-order valence-corrected chi connectivity index (χ4v) is 4.96. The Morgan fingerprint density at radius 1 is 1.06 bits per heavy atom. The van der Waals surface area contributed by atoms with Gasteiger partial charge in [0, 0.05) is 44.5 Å². The van der Waals surface area contributed by atoms with Gasteiger partial charge in [0.2, 0.25) is 10.0 Å². The summed E-state index contributed by atoms with van der Waals surface area (Å²) in [7, 11) is -0.695. The highest BCUT2D eigenvalue weighted by atomic mass is 32.2. The van der Waals surface area contributed by atoms with Crippen molar-refractivity contribution in [1.82, 2.24) is 19.0 Å². The van der Waals surface area contributed by atoms with E-state index in [0.717, 1.165) is 29.3 Å². The van der Waals surface area contributed by atoms with Crippen LogP contribution in [0.4, 0.5) is 0 Å². The largest absolute Gasteiger partial charge is 0.338 e. The summed E-state index contributed by atoms with van der Waals surface area (Å²) in [6, 6.07) is 18.0. The second-order valence-electron chi connectivity index (χ2n) is 8.55. The van der Waals surface area contributed by atoms with Gasteiger partial charge in [-0.3, -0.25) is 4.79 Å². The molecular weight excluding hydrogens is 462 g/mol. The minimum atomic E-state index is -3.65. The first-order chi connectivity index (χ1) is 16.8. The summed E-state index contributed by atoms with van der Waals surface area (Å²) in [5.41, 5.74) is 2.42. The molecule has 0 N–H and O–H groups in total. The SMILES string of the molecule is CN(C)S(=O)(=O)c1cccc(-c2nn(-c3ccccc3)cc2/C=C(\C#N)C(=O)N2CCCCC2)c1. The maximum absolute atomic E-state index is 13.0. The number of amides is 1. The number of rotatable bonds is 6. The van der Waals surface area contributed by atoms with E-state index < -0.39 is 10.0 Å². The van der Waals surface area contributed by atoms with Gasteiger partial charge in [-0.2, -0.15) is 10.4 Å². The molecule has 8 nitrogen and oxygen atoms in total. The highest BCUT2D eigenvalue weighted by Crippen LogP contribution is 2.28. The maximum Gasteiger partial charge on any atom is 0.264 e. The predicted octanol–water partition coefficient (Wildman–Crippen LogP) is 3.71. The lowest BCUT2D eigenvalue weighted by atomic mass is 10.0. The van der Waals surface area contributed by atoms with Crippen molar-refractivity contribution >= 4 is 22.0 Å². The Bertz CT molecular complexity index is 1400. The van der Waals surface area contributed by atoms with Crippen LogP contribution in [0.2, 0.25) is 0 Å². The number of benzene rings is 2. The van der Waals surface area contributed by atoms with Crippen LogP contribution in [0.15, 0.2) is 71.3 Å². The maximum atomic E-state index is 13.0. The van der Waals surface area contributed by atoms with Gasteiger partial charge >= 0.3 is 0 Å². The molecule has 0 unspecified atom stereocenters. The summed E-state index contributed by atoms with van der Waals surface area (Å²) in [6.45, 7) is 1.27. The van der Waals surface area contributed by atoms with Crippen molar-refractivity contribution in [3.05, 3.63) is 71.9 Å². The highest BCUT2D eigenvalue weighted by molar-refractivity contribution is 7.89. The zero-order chi connectivity index (χ0) is 25.0. The van der Waals surface area contributed by atoms with Gasteiger partial charge in [0.05, 0.1) is 10.6 Å². The number of sulfonamides is 1. The van der Waals surface area contributed by atoms with Gasteiger partial charge in [0.25, 0.3) is 5.91 Å². The lowest BCUT2D eigenvalue weighted by molar-refractivity contribution is -0.127. The lowest BCUT2D eigenvalue weighted by Crippen LogP contribution is -2.36. The zero-order valence-electron chi connectivity index (χ0n) is 19.8. The molecule has 0 saturated carbocycles. The van der Waals surface area contributed by atoms with Crippen LogP contribution in [-0.2, 0) is 14.8 Å². The molecule has 2 aromatic carbocycles. The fraction of sp³-hybridized carbons (Fsp3) is 0.269. The number of nitrogens with zero attached hydrogens (tertiary/aromatic N) is 5. The Hall–Kier alpha value is -3.74. The first kappa shape index (κ1) is 24.4. The smallest absolute Gasteiger partial charge is 0.264 e. The monoisotopic (exact) mass is 489 g/mol. The first-order valence-corrected chi connectivity index (χ1v) is 12.8. The summed E-state index contributed by atoms with van der Waals surface area (Å²) in [5.74, 6) is -0.297. The summed E-state index contributed by atoms with van der Waals surface area (Å²) in [6.07, 6.45) is 6.23. The summed E-state index contributed by atoms with van der Waals surface area (Å²) in [4.78, 5) is 14.9.